The van der Waals surface area contributed by atoms with Gasteiger partial charge in [0.05, 0.1) is 23.5 Å². The van der Waals surface area contributed by atoms with Crippen LogP contribution in [0, 0.1) is 0 Å². The highest BCUT2D eigenvalue weighted by Crippen LogP contribution is 2.36. The van der Waals surface area contributed by atoms with Gasteiger partial charge < -0.3 is 9.80 Å². The summed E-state index contributed by atoms with van der Waals surface area (Å²) in [4.78, 5) is 25.5. The summed E-state index contributed by atoms with van der Waals surface area (Å²) >= 11 is 0. The van der Waals surface area contributed by atoms with E-state index in [4.69, 9.17) is 0 Å². The molecule has 16 heavy (non-hydrogen) atoms. The van der Waals surface area contributed by atoms with Gasteiger partial charge >= 0.3 is 0 Å². The highest BCUT2D eigenvalue weighted by atomic mass is 16.1. The van der Waals surface area contributed by atoms with E-state index in [1.54, 1.807) is 9.80 Å². The molecule has 2 amide bonds. The van der Waals surface area contributed by atoms with Crippen LogP contribution in [0.4, 0.5) is 11.4 Å². The summed E-state index contributed by atoms with van der Waals surface area (Å²) in [7, 11) is 0. The zero-order chi connectivity index (χ0) is 11.7. The van der Waals surface area contributed by atoms with E-state index in [9.17, 15) is 9.59 Å². The van der Waals surface area contributed by atoms with E-state index < -0.39 is 0 Å². The quantitative estimate of drug-likeness (QED) is 0.704. The first-order valence-electron chi connectivity index (χ1n) is 5.27. The number of carbonyl (C=O) groups is 2. The summed E-state index contributed by atoms with van der Waals surface area (Å²) < 4.78 is 0. The first kappa shape index (κ1) is 10.7. The van der Waals surface area contributed by atoms with Crippen molar-refractivity contribution in [3.63, 3.8) is 0 Å². The molecule has 1 heterocycles. The van der Waals surface area contributed by atoms with Gasteiger partial charge in [0.2, 0.25) is 12.8 Å². The third-order valence-electron chi connectivity index (χ3n) is 3.24. The van der Waals surface area contributed by atoms with Gasteiger partial charge in [-0.25, -0.2) is 0 Å². The lowest BCUT2D eigenvalue weighted by molar-refractivity contribution is -0.109. The Balaban J connectivity index is 2.58. The molecular weight excluding hydrogens is 204 g/mol. The first-order chi connectivity index (χ1) is 7.70. The second-order valence-electron chi connectivity index (χ2n) is 4.00. The average Bonchev–Trinajstić information content (AvgIpc) is 2.31. The molecule has 4 nitrogen and oxygen atoms in total. The van der Waals surface area contributed by atoms with Crippen LogP contribution in [0.1, 0.15) is 13.8 Å². The SMILES string of the molecule is C[C@H]1[C@H](C)N(C=O)c2ccccc2N1C=O. The van der Waals surface area contributed by atoms with Crippen LogP contribution in [0.15, 0.2) is 24.3 Å². The summed E-state index contributed by atoms with van der Waals surface area (Å²) in [5, 5.41) is 0. The van der Waals surface area contributed by atoms with Crippen molar-refractivity contribution in [1.82, 2.24) is 0 Å². The van der Waals surface area contributed by atoms with Crippen LogP contribution in [0.25, 0.3) is 0 Å². The maximum absolute atomic E-state index is 11.1. The van der Waals surface area contributed by atoms with Crippen molar-refractivity contribution >= 4 is 24.2 Å². The van der Waals surface area contributed by atoms with Gasteiger partial charge in [0.1, 0.15) is 0 Å². The normalized spacial score (nSPS) is 23.9. The minimum absolute atomic E-state index is 0.0161. The molecule has 0 spiro atoms. The highest BCUT2D eigenvalue weighted by Gasteiger charge is 2.33. The van der Waals surface area contributed by atoms with Gasteiger partial charge in [-0.2, -0.15) is 0 Å². The molecule has 0 unspecified atom stereocenters. The number of benzene rings is 1. The van der Waals surface area contributed by atoms with E-state index in [1.807, 2.05) is 38.1 Å². The molecule has 1 aliphatic heterocycles. The molecule has 0 aliphatic carbocycles. The third kappa shape index (κ3) is 1.38. The zero-order valence-corrected chi connectivity index (χ0v) is 9.33. The number of rotatable bonds is 2. The van der Waals surface area contributed by atoms with Gasteiger partial charge in [0, 0.05) is 0 Å². The summed E-state index contributed by atoms with van der Waals surface area (Å²) in [6, 6.07) is 7.39. The lowest BCUT2D eigenvalue weighted by atomic mass is 10.0. The maximum Gasteiger partial charge on any atom is 0.214 e. The van der Waals surface area contributed by atoms with Gasteiger partial charge in [-0.15, -0.1) is 0 Å². The number of amides is 2. The molecule has 4 heteroatoms. The van der Waals surface area contributed by atoms with Gasteiger partial charge in [-0.3, -0.25) is 9.59 Å². The van der Waals surface area contributed by atoms with E-state index >= 15 is 0 Å². The fourth-order valence-corrected chi connectivity index (χ4v) is 2.11. The topological polar surface area (TPSA) is 40.6 Å². The number of para-hydroxylation sites is 2. The van der Waals surface area contributed by atoms with E-state index in [1.165, 1.54) is 0 Å². The second-order valence-corrected chi connectivity index (χ2v) is 4.00. The molecule has 0 N–H and O–H groups in total. The average molecular weight is 218 g/mol. The smallest absolute Gasteiger partial charge is 0.214 e. The number of fused-ring (bicyclic) bond motifs is 1. The van der Waals surface area contributed by atoms with Crippen LogP contribution in [-0.4, -0.2) is 24.9 Å². The Labute approximate surface area is 94.5 Å². The monoisotopic (exact) mass is 218 g/mol. The Bertz CT molecular complexity index is 380. The zero-order valence-electron chi connectivity index (χ0n) is 9.33. The second kappa shape index (κ2) is 3.96. The maximum atomic E-state index is 11.1. The Morgan fingerprint density at radius 3 is 1.62 bits per heavy atom. The van der Waals surface area contributed by atoms with Crippen molar-refractivity contribution in [2.45, 2.75) is 25.9 Å². The summed E-state index contributed by atoms with van der Waals surface area (Å²) in [6.07, 6.45) is 1.64. The van der Waals surface area contributed by atoms with Crippen molar-refractivity contribution in [2.24, 2.45) is 0 Å². The van der Waals surface area contributed by atoms with Crippen LogP contribution >= 0.6 is 0 Å². The molecule has 2 atom stereocenters. The van der Waals surface area contributed by atoms with Gasteiger partial charge in [0.25, 0.3) is 0 Å². The van der Waals surface area contributed by atoms with Crippen molar-refractivity contribution in [1.29, 1.82) is 0 Å². The molecule has 0 aromatic heterocycles. The van der Waals surface area contributed by atoms with Crippen molar-refractivity contribution in [3.05, 3.63) is 24.3 Å². The van der Waals surface area contributed by atoms with E-state index in [2.05, 4.69) is 0 Å². The summed E-state index contributed by atoms with van der Waals surface area (Å²) in [5.74, 6) is 0. The van der Waals surface area contributed by atoms with Gasteiger partial charge in [-0.1, -0.05) is 12.1 Å². The number of nitrogens with zero attached hydrogens (tertiary/aromatic N) is 2. The molecule has 0 radical (unpaired) electrons. The van der Waals surface area contributed by atoms with E-state index in [0.29, 0.717) is 0 Å². The number of carbonyl (C=O) groups excluding carboxylic acids is 2. The molecule has 0 bridgehead atoms. The fourth-order valence-electron chi connectivity index (χ4n) is 2.11. The predicted octanol–water partition coefficient (Wildman–Crippen LogP) is 1.40. The van der Waals surface area contributed by atoms with Gasteiger partial charge in [-0.05, 0) is 26.0 Å². The molecule has 2 rings (SSSR count). The van der Waals surface area contributed by atoms with Crippen LogP contribution in [0.3, 0.4) is 0 Å². The van der Waals surface area contributed by atoms with E-state index in [-0.39, 0.29) is 12.1 Å². The van der Waals surface area contributed by atoms with Crippen LogP contribution in [0.5, 0.6) is 0 Å². The van der Waals surface area contributed by atoms with Crippen LogP contribution in [0.2, 0.25) is 0 Å². The van der Waals surface area contributed by atoms with Crippen molar-refractivity contribution < 1.29 is 9.59 Å². The molecule has 1 aliphatic rings. The Hall–Kier alpha value is -1.84. The lowest BCUT2D eigenvalue weighted by Crippen LogP contribution is -2.52. The molecular formula is C12H14N2O2. The van der Waals surface area contributed by atoms with Gasteiger partial charge in [0.15, 0.2) is 0 Å². The Morgan fingerprint density at radius 2 is 1.31 bits per heavy atom. The first-order valence-corrected chi connectivity index (χ1v) is 5.27. The standard InChI is InChI=1S/C12H14N2O2/c1-9-10(2)14(8-16)12-6-4-3-5-11(12)13(9)7-15/h3-10H,1-2H3/t9-,10-/m0/s1. The number of hydrogen-bond donors (Lipinski definition) is 0. The molecule has 1 aromatic rings. The number of hydrogen-bond acceptors (Lipinski definition) is 2. The van der Waals surface area contributed by atoms with Crippen LogP contribution in [-0.2, 0) is 9.59 Å². The number of anilines is 2. The molecule has 0 saturated carbocycles. The molecule has 0 saturated heterocycles. The fraction of sp³-hybridized carbons (Fsp3) is 0.333. The summed E-state index contributed by atoms with van der Waals surface area (Å²) in [6.45, 7) is 3.87. The minimum Gasteiger partial charge on any atom is -0.308 e. The third-order valence-corrected chi connectivity index (χ3v) is 3.24. The molecule has 84 valence electrons. The van der Waals surface area contributed by atoms with Crippen molar-refractivity contribution in [2.75, 3.05) is 9.80 Å². The molecule has 1 aromatic carbocycles. The van der Waals surface area contributed by atoms with E-state index in [0.717, 1.165) is 24.2 Å². The predicted molar refractivity (Wildman–Crippen MR) is 62.5 cm³/mol. The highest BCUT2D eigenvalue weighted by molar-refractivity contribution is 5.93. The molecule has 0 fully saturated rings. The summed E-state index contributed by atoms with van der Waals surface area (Å²) in [5.41, 5.74) is 1.57. The van der Waals surface area contributed by atoms with Crippen molar-refractivity contribution in [3.8, 4) is 0 Å². The lowest BCUT2D eigenvalue weighted by Gasteiger charge is -2.42. The Kier molecular flexibility index (Phi) is 2.64. The minimum atomic E-state index is -0.0161. The van der Waals surface area contributed by atoms with Crippen LogP contribution < -0.4 is 9.80 Å². The largest absolute Gasteiger partial charge is 0.308 e. The Morgan fingerprint density at radius 1 is 0.938 bits per heavy atom.